The lowest BCUT2D eigenvalue weighted by Crippen LogP contribution is -2.23. The van der Waals surface area contributed by atoms with Gasteiger partial charge < -0.3 is 10.1 Å². The SMILES string of the molecule is CCc1ccc(C(COc2ccc(C)c(F)c2)NC)cc1. The zero-order chi connectivity index (χ0) is 15.2. The molecule has 2 aromatic carbocycles. The van der Waals surface area contributed by atoms with Crippen LogP contribution in [-0.2, 0) is 6.42 Å². The molecule has 1 atom stereocenters. The van der Waals surface area contributed by atoms with Crippen LogP contribution in [0, 0.1) is 12.7 Å². The summed E-state index contributed by atoms with van der Waals surface area (Å²) in [5.74, 6) is 0.323. The molecule has 0 aliphatic carbocycles. The van der Waals surface area contributed by atoms with Gasteiger partial charge in [0.25, 0.3) is 0 Å². The van der Waals surface area contributed by atoms with Crippen LogP contribution >= 0.6 is 0 Å². The molecule has 0 amide bonds. The Morgan fingerprint density at radius 1 is 1.14 bits per heavy atom. The Kier molecular flexibility index (Phi) is 5.34. The summed E-state index contributed by atoms with van der Waals surface area (Å²) in [7, 11) is 1.90. The number of halogens is 1. The maximum atomic E-state index is 13.5. The molecule has 2 aromatic rings. The molecule has 0 radical (unpaired) electrons. The lowest BCUT2D eigenvalue weighted by molar-refractivity contribution is 0.272. The van der Waals surface area contributed by atoms with Crippen molar-refractivity contribution in [3.05, 3.63) is 65.0 Å². The number of nitrogens with one attached hydrogen (secondary N) is 1. The molecule has 3 heteroatoms. The highest BCUT2D eigenvalue weighted by Crippen LogP contribution is 2.19. The van der Waals surface area contributed by atoms with E-state index in [0.29, 0.717) is 17.9 Å². The standard InChI is InChI=1S/C18H22FNO/c1-4-14-6-8-15(9-7-14)18(20-3)12-21-16-10-5-13(2)17(19)11-16/h5-11,18,20H,4,12H2,1-3H3. The summed E-state index contributed by atoms with van der Waals surface area (Å²) in [5.41, 5.74) is 3.11. The van der Waals surface area contributed by atoms with Crippen molar-refractivity contribution in [3.63, 3.8) is 0 Å². The fourth-order valence-electron chi connectivity index (χ4n) is 2.17. The quantitative estimate of drug-likeness (QED) is 0.866. The highest BCUT2D eigenvalue weighted by Gasteiger charge is 2.10. The summed E-state index contributed by atoms with van der Waals surface area (Å²) in [4.78, 5) is 0. The first-order valence-corrected chi connectivity index (χ1v) is 7.29. The summed E-state index contributed by atoms with van der Waals surface area (Å²) in [5, 5.41) is 3.23. The molecule has 0 aromatic heterocycles. The zero-order valence-corrected chi connectivity index (χ0v) is 12.8. The molecular formula is C18H22FNO. The highest BCUT2D eigenvalue weighted by molar-refractivity contribution is 5.29. The maximum Gasteiger partial charge on any atom is 0.129 e. The van der Waals surface area contributed by atoms with Crippen LogP contribution in [0.15, 0.2) is 42.5 Å². The van der Waals surface area contributed by atoms with Gasteiger partial charge in [0.1, 0.15) is 18.2 Å². The van der Waals surface area contributed by atoms with Gasteiger partial charge >= 0.3 is 0 Å². The largest absolute Gasteiger partial charge is 0.492 e. The average Bonchev–Trinajstić information content (AvgIpc) is 2.52. The monoisotopic (exact) mass is 287 g/mol. The fraction of sp³-hybridized carbons (Fsp3) is 0.333. The number of benzene rings is 2. The van der Waals surface area contributed by atoms with E-state index >= 15 is 0 Å². The molecule has 0 spiro atoms. The minimum atomic E-state index is -0.235. The van der Waals surface area contributed by atoms with Crippen LogP contribution in [0.3, 0.4) is 0 Å². The van der Waals surface area contributed by atoms with Crippen molar-refractivity contribution in [1.29, 1.82) is 0 Å². The first kappa shape index (κ1) is 15.5. The third-order valence-corrected chi connectivity index (χ3v) is 3.70. The molecule has 21 heavy (non-hydrogen) atoms. The molecule has 1 unspecified atom stereocenters. The first-order valence-electron chi connectivity index (χ1n) is 7.29. The molecule has 112 valence electrons. The topological polar surface area (TPSA) is 21.3 Å². The second-order valence-electron chi connectivity index (χ2n) is 5.16. The fourth-order valence-corrected chi connectivity index (χ4v) is 2.17. The van der Waals surface area contributed by atoms with Gasteiger partial charge in [0.05, 0.1) is 6.04 Å². The number of aryl methyl sites for hydroxylation is 2. The van der Waals surface area contributed by atoms with Crippen molar-refractivity contribution in [3.8, 4) is 5.75 Å². The molecular weight excluding hydrogens is 265 g/mol. The minimum absolute atomic E-state index is 0.0836. The Hall–Kier alpha value is -1.87. The number of hydrogen-bond donors (Lipinski definition) is 1. The summed E-state index contributed by atoms with van der Waals surface area (Å²) in [6.45, 7) is 4.34. The predicted molar refractivity (Wildman–Crippen MR) is 84.3 cm³/mol. The van der Waals surface area contributed by atoms with E-state index in [1.165, 1.54) is 17.2 Å². The van der Waals surface area contributed by atoms with Crippen molar-refractivity contribution in [1.82, 2.24) is 5.32 Å². The zero-order valence-electron chi connectivity index (χ0n) is 12.8. The van der Waals surface area contributed by atoms with Gasteiger partial charge in [-0.25, -0.2) is 4.39 Å². The van der Waals surface area contributed by atoms with Crippen molar-refractivity contribution < 1.29 is 9.13 Å². The van der Waals surface area contributed by atoms with E-state index in [4.69, 9.17) is 4.74 Å². The first-order chi connectivity index (χ1) is 10.1. The molecule has 2 nitrogen and oxygen atoms in total. The van der Waals surface area contributed by atoms with Gasteiger partial charge in [-0.15, -0.1) is 0 Å². The van der Waals surface area contributed by atoms with Gasteiger partial charge in [0, 0.05) is 6.07 Å². The molecule has 0 saturated heterocycles. The van der Waals surface area contributed by atoms with Crippen LogP contribution in [0.1, 0.15) is 29.7 Å². The second kappa shape index (κ2) is 7.23. The van der Waals surface area contributed by atoms with E-state index in [2.05, 4.69) is 36.5 Å². The predicted octanol–water partition coefficient (Wildman–Crippen LogP) is 4.04. The molecule has 1 N–H and O–H groups in total. The normalized spacial score (nSPS) is 12.2. The average molecular weight is 287 g/mol. The van der Waals surface area contributed by atoms with Gasteiger partial charge in [0.2, 0.25) is 0 Å². The van der Waals surface area contributed by atoms with Crippen LogP contribution in [0.25, 0.3) is 0 Å². The Labute approximate surface area is 126 Å². The van der Waals surface area contributed by atoms with E-state index in [-0.39, 0.29) is 11.9 Å². The maximum absolute atomic E-state index is 13.5. The van der Waals surface area contributed by atoms with Crippen LogP contribution < -0.4 is 10.1 Å². The molecule has 0 heterocycles. The molecule has 0 saturated carbocycles. The minimum Gasteiger partial charge on any atom is -0.492 e. The van der Waals surface area contributed by atoms with E-state index in [1.54, 1.807) is 19.1 Å². The highest BCUT2D eigenvalue weighted by atomic mass is 19.1. The van der Waals surface area contributed by atoms with E-state index in [1.807, 2.05) is 7.05 Å². The summed E-state index contributed by atoms with van der Waals surface area (Å²) in [6, 6.07) is 13.5. The Morgan fingerprint density at radius 2 is 1.86 bits per heavy atom. The smallest absolute Gasteiger partial charge is 0.129 e. The Balaban J connectivity index is 2.02. The van der Waals surface area contributed by atoms with Crippen molar-refractivity contribution in [2.24, 2.45) is 0 Å². The lowest BCUT2D eigenvalue weighted by Gasteiger charge is -2.18. The summed E-state index contributed by atoms with van der Waals surface area (Å²) in [6.07, 6.45) is 1.03. The van der Waals surface area contributed by atoms with E-state index in [0.717, 1.165) is 6.42 Å². The number of likely N-dealkylation sites (N-methyl/N-ethyl adjacent to an activating group) is 1. The molecule has 0 bridgehead atoms. The third kappa shape index (κ3) is 4.05. The van der Waals surface area contributed by atoms with Gasteiger partial charge in [0.15, 0.2) is 0 Å². The van der Waals surface area contributed by atoms with Gasteiger partial charge in [-0.3, -0.25) is 0 Å². The van der Waals surface area contributed by atoms with Crippen LogP contribution in [-0.4, -0.2) is 13.7 Å². The van der Waals surface area contributed by atoms with Crippen molar-refractivity contribution in [2.75, 3.05) is 13.7 Å². The molecule has 0 fully saturated rings. The molecule has 0 aliphatic heterocycles. The number of rotatable bonds is 6. The van der Waals surface area contributed by atoms with Gasteiger partial charge in [-0.1, -0.05) is 37.3 Å². The Morgan fingerprint density at radius 3 is 2.43 bits per heavy atom. The van der Waals surface area contributed by atoms with Gasteiger partial charge in [-0.2, -0.15) is 0 Å². The molecule has 2 rings (SSSR count). The van der Waals surface area contributed by atoms with Gasteiger partial charge in [-0.05, 0) is 43.1 Å². The lowest BCUT2D eigenvalue weighted by atomic mass is 10.0. The number of hydrogen-bond acceptors (Lipinski definition) is 2. The van der Waals surface area contributed by atoms with E-state index < -0.39 is 0 Å². The van der Waals surface area contributed by atoms with Crippen LogP contribution in [0.5, 0.6) is 5.75 Å². The molecule has 0 aliphatic rings. The van der Waals surface area contributed by atoms with Crippen molar-refractivity contribution in [2.45, 2.75) is 26.3 Å². The summed E-state index contributed by atoms with van der Waals surface area (Å²) >= 11 is 0. The summed E-state index contributed by atoms with van der Waals surface area (Å²) < 4.78 is 19.2. The third-order valence-electron chi connectivity index (χ3n) is 3.70. The van der Waals surface area contributed by atoms with Crippen LogP contribution in [0.4, 0.5) is 4.39 Å². The van der Waals surface area contributed by atoms with Crippen molar-refractivity contribution >= 4 is 0 Å². The van der Waals surface area contributed by atoms with E-state index in [9.17, 15) is 4.39 Å². The Bertz CT molecular complexity index is 580. The second-order valence-corrected chi connectivity index (χ2v) is 5.16. The van der Waals surface area contributed by atoms with Crippen LogP contribution in [0.2, 0.25) is 0 Å². The number of ether oxygens (including phenoxy) is 1.